The van der Waals surface area contributed by atoms with Crippen LogP contribution in [0.3, 0.4) is 0 Å². The van der Waals surface area contributed by atoms with Crippen LogP contribution in [0.5, 0.6) is 0 Å². The number of alkyl halides is 1. The van der Waals surface area contributed by atoms with Crippen LogP contribution in [-0.4, -0.2) is 102 Å². The number of aliphatic imine (C=N–C) groups is 1. The summed E-state index contributed by atoms with van der Waals surface area (Å²) in [5.74, 6) is -1.95. The largest absolute Gasteiger partial charge is 0.450 e. The third-order valence-electron chi connectivity index (χ3n) is 6.77. The normalized spacial score (nSPS) is 22.3. The molecule has 3 unspecified atom stereocenters. The third-order valence-corrected chi connectivity index (χ3v) is 6.77. The number of ether oxygens (including phenoxy) is 1. The molecule has 6 N–H and O–H groups in total. The van der Waals surface area contributed by atoms with Crippen molar-refractivity contribution in [2.45, 2.75) is 51.4 Å². The van der Waals surface area contributed by atoms with Crippen molar-refractivity contribution in [2.24, 2.45) is 27.8 Å². The van der Waals surface area contributed by atoms with Gasteiger partial charge < -0.3 is 31.5 Å². The number of aliphatic hydroxyl groups is 1. The Morgan fingerprint density at radius 1 is 1.34 bits per heavy atom. The maximum atomic E-state index is 14.6. The maximum absolute atomic E-state index is 14.6. The van der Waals surface area contributed by atoms with Gasteiger partial charge in [-0.3, -0.25) is 24.3 Å². The zero-order valence-electron chi connectivity index (χ0n) is 22.0. The fourth-order valence-corrected chi connectivity index (χ4v) is 4.60. The Morgan fingerprint density at radius 2 is 2.00 bits per heavy atom. The molecule has 2 rings (SSSR count). The van der Waals surface area contributed by atoms with Gasteiger partial charge in [-0.05, 0) is 24.7 Å². The van der Waals surface area contributed by atoms with Crippen molar-refractivity contribution in [3.8, 4) is 0 Å². The average Bonchev–Trinajstić information content (AvgIpc) is 3.11. The molecule has 2 heterocycles. The summed E-state index contributed by atoms with van der Waals surface area (Å²) in [5.41, 5.74) is 11.1. The SMILES string of the molecule is C=CCN=C(N)C(N1CC(C(F)CN)CC[C@H](O)C1=O)C(C)(C)CCOC(=O)NCCN1C(=O)C=CC1=O. The van der Waals surface area contributed by atoms with Crippen molar-refractivity contribution in [1.29, 1.82) is 0 Å². The number of likely N-dealkylation sites (tertiary alicyclic amines) is 1. The van der Waals surface area contributed by atoms with Gasteiger partial charge in [-0.25, -0.2) is 9.18 Å². The number of rotatable bonds is 13. The second-order valence-corrected chi connectivity index (χ2v) is 10.0. The van der Waals surface area contributed by atoms with Gasteiger partial charge in [0.15, 0.2) is 0 Å². The van der Waals surface area contributed by atoms with Gasteiger partial charge in [-0.1, -0.05) is 19.9 Å². The maximum Gasteiger partial charge on any atom is 0.407 e. The number of nitrogens with zero attached hydrogens (tertiary/aromatic N) is 3. The Balaban J connectivity index is 2.09. The van der Waals surface area contributed by atoms with E-state index in [0.29, 0.717) is 0 Å². The lowest BCUT2D eigenvalue weighted by Gasteiger charge is -2.43. The molecule has 1 saturated heterocycles. The van der Waals surface area contributed by atoms with E-state index < -0.39 is 53.5 Å². The molecule has 4 atom stereocenters. The van der Waals surface area contributed by atoms with Gasteiger partial charge in [0, 0.05) is 44.2 Å². The van der Waals surface area contributed by atoms with E-state index in [1.807, 2.05) is 13.8 Å². The highest BCUT2D eigenvalue weighted by Gasteiger charge is 2.44. The molecule has 0 aliphatic carbocycles. The van der Waals surface area contributed by atoms with Crippen LogP contribution in [-0.2, 0) is 19.1 Å². The highest BCUT2D eigenvalue weighted by atomic mass is 19.1. The van der Waals surface area contributed by atoms with E-state index in [1.165, 1.54) is 11.0 Å². The lowest BCUT2D eigenvalue weighted by molar-refractivity contribution is -0.143. The first-order valence-corrected chi connectivity index (χ1v) is 12.6. The Labute approximate surface area is 221 Å². The van der Waals surface area contributed by atoms with E-state index in [0.717, 1.165) is 17.1 Å². The number of carbonyl (C=O) groups excluding carboxylic acids is 4. The van der Waals surface area contributed by atoms with Gasteiger partial charge in [0.05, 0.1) is 19.2 Å². The minimum atomic E-state index is -1.36. The van der Waals surface area contributed by atoms with E-state index >= 15 is 0 Å². The lowest BCUT2D eigenvalue weighted by atomic mass is 9.79. The van der Waals surface area contributed by atoms with Crippen molar-refractivity contribution in [1.82, 2.24) is 15.1 Å². The van der Waals surface area contributed by atoms with Gasteiger partial charge in [0.1, 0.15) is 18.1 Å². The summed E-state index contributed by atoms with van der Waals surface area (Å²) in [7, 11) is 0. The van der Waals surface area contributed by atoms with Crippen LogP contribution < -0.4 is 16.8 Å². The number of amidine groups is 1. The van der Waals surface area contributed by atoms with Gasteiger partial charge >= 0.3 is 6.09 Å². The zero-order valence-corrected chi connectivity index (χ0v) is 22.0. The molecule has 0 bridgehead atoms. The highest BCUT2D eigenvalue weighted by molar-refractivity contribution is 6.12. The quantitative estimate of drug-likeness (QED) is 0.108. The number of nitrogens with two attached hydrogens (primary N) is 2. The van der Waals surface area contributed by atoms with Gasteiger partial charge in [-0.15, -0.1) is 6.58 Å². The van der Waals surface area contributed by atoms with E-state index in [2.05, 4.69) is 16.9 Å². The molecule has 0 radical (unpaired) electrons. The molecule has 0 aromatic heterocycles. The number of amides is 4. The topological polar surface area (TPSA) is 181 Å². The van der Waals surface area contributed by atoms with E-state index in [9.17, 15) is 28.7 Å². The summed E-state index contributed by atoms with van der Waals surface area (Å²) in [4.78, 5) is 55.1. The van der Waals surface area contributed by atoms with Crippen LogP contribution in [0.1, 0.15) is 33.1 Å². The number of hydrogen-bond donors (Lipinski definition) is 4. The molecule has 2 aliphatic heterocycles. The molecule has 12 nitrogen and oxygen atoms in total. The molecule has 13 heteroatoms. The average molecular weight is 539 g/mol. The first-order valence-electron chi connectivity index (χ1n) is 12.6. The van der Waals surface area contributed by atoms with Crippen LogP contribution in [0.2, 0.25) is 0 Å². The summed E-state index contributed by atoms with van der Waals surface area (Å²) in [5, 5.41) is 12.9. The second kappa shape index (κ2) is 14.0. The summed E-state index contributed by atoms with van der Waals surface area (Å²) < 4.78 is 19.9. The number of carbonyl (C=O) groups is 4. The van der Waals surface area contributed by atoms with Gasteiger partial charge in [0.25, 0.3) is 17.7 Å². The van der Waals surface area contributed by atoms with Crippen LogP contribution >= 0.6 is 0 Å². The van der Waals surface area contributed by atoms with Gasteiger partial charge in [-0.2, -0.15) is 0 Å². The van der Waals surface area contributed by atoms with Crippen molar-refractivity contribution < 1.29 is 33.4 Å². The fourth-order valence-electron chi connectivity index (χ4n) is 4.60. The standard InChI is InChI=1S/C25H39FN6O6/c1-4-10-29-22(28)21(32-15-16(17(26)14-27)5-6-18(33)23(32)36)25(2,3)9-13-38-24(37)30-11-12-31-19(34)7-8-20(31)35/h4,7-8,16-18,21,33H,1,5-6,9-15,27H2,2-3H3,(H2,28,29)(H,30,37)/t16?,17?,18-,21?/m0/s1. The monoisotopic (exact) mass is 538 g/mol. The minimum Gasteiger partial charge on any atom is -0.450 e. The molecule has 212 valence electrons. The number of hydrogen-bond acceptors (Lipinski definition) is 8. The van der Waals surface area contributed by atoms with E-state index in [4.69, 9.17) is 16.2 Å². The number of halogens is 1. The Bertz CT molecular complexity index is 937. The number of alkyl carbamates (subject to hydrolysis) is 1. The van der Waals surface area contributed by atoms with Crippen molar-refractivity contribution >= 4 is 29.7 Å². The number of imide groups is 1. The van der Waals surface area contributed by atoms with Crippen LogP contribution in [0.4, 0.5) is 9.18 Å². The molecule has 38 heavy (non-hydrogen) atoms. The zero-order chi connectivity index (χ0) is 28.5. The summed E-state index contributed by atoms with van der Waals surface area (Å²) >= 11 is 0. The molecule has 0 aromatic carbocycles. The first-order chi connectivity index (χ1) is 17.9. The van der Waals surface area contributed by atoms with E-state index in [-0.39, 0.29) is 64.4 Å². The van der Waals surface area contributed by atoms with Crippen LogP contribution in [0.15, 0.2) is 29.8 Å². The molecule has 4 amide bonds. The molecule has 2 aliphatic rings. The number of aliphatic hydroxyl groups excluding tert-OH is 1. The molecule has 0 saturated carbocycles. The summed E-state index contributed by atoms with van der Waals surface area (Å²) in [6.07, 6.45) is 1.05. The van der Waals surface area contributed by atoms with E-state index in [1.54, 1.807) is 0 Å². The Morgan fingerprint density at radius 3 is 2.61 bits per heavy atom. The Hall–Kier alpha value is -3.32. The van der Waals surface area contributed by atoms with Crippen LogP contribution in [0, 0.1) is 11.3 Å². The molecule has 1 fully saturated rings. The predicted octanol–water partition coefficient (Wildman–Crippen LogP) is -0.138. The second-order valence-electron chi connectivity index (χ2n) is 10.0. The lowest BCUT2D eigenvalue weighted by Crippen LogP contribution is -2.58. The molecule has 0 spiro atoms. The number of nitrogens with one attached hydrogen (secondary N) is 1. The fraction of sp³-hybridized carbons (Fsp3) is 0.640. The third kappa shape index (κ3) is 8.09. The predicted molar refractivity (Wildman–Crippen MR) is 138 cm³/mol. The molecular formula is C25H39FN6O6. The molecular weight excluding hydrogens is 499 g/mol. The summed E-state index contributed by atoms with van der Waals surface area (Å²) in [6.45, 7) is 7.17. The first kappa shape index (κ1) is 30.9. The molecule has 0 aromatic rings. The van der Waals surface area contributed by atoms with Crippen molar-refractivity contribution in [3.05, 3.63) is 24.8 Å². The van der Waals surface area contributed by atoms with Crippen molar-refractivity contribution in [3.63, 3.8) is 0 Å². The van der Waals surface area contributed by atoms with Gasteiger partial charge in [0.2, 0.25) is 0 Å². The van der Waals surface area contributed by atoms with Crippen LogP contribution in [0.25, 0.3) is 0 Å². The minimum absolute atomic E-state index is 0.00254. The summed E-state index contributed by atoms with van der Waals surface area (Å²) in [6, 6.07) is -0.832. The highest BCUT2D eigenvalue weighted by Crippen LogP contribution is 2.33. The van der Waals surface area contributed by atoms with Crippen molar-refractivity contribution in [2.75, 3.05) is 39.3 Å². The smallest absolute Gasteiger partial charge is 0.407 e. The Kier molecular flexibility index (Phi) is 11.4.